The molecule has 0 unspecified atom stereocenters. The maximum Gasteiger partial charge on any atom is 0.283 e. The summed E-state index contributed by atoms with van der Waals surface area (Å²) >= 11 is 0. The van der Waals surface area contributed by atoms with Gasteiger partial charge < -0.3 is 25.0 Å². The van der Waals surface area contributed by atoms with Crippen LogP contribution in [0.2, 0.25) is 0 Å². The smallest absolute Gasteiger partial charge is 0.283 e. The van der Waals surface area contributed by atoms with E-state index in [1.54, 1.807) is 43.7 Å². The summed E-state index contributed by atoms with van der Waals surface area (Å²) in [5.74, 6) is -0.161. The summed E-state index contributed by atoms with van der Waals surface area (Å²) in [6.45, 7) is 6.46. The van der Waals surface area contributed by atoms with Crippen molar-refractivity contribution in [3.05, 3.63) is 98.8 Å². The Morgan fingerprint density at radius 2 is 1.82 bits per heavy atom. The van der Waals surface area contributed by atoms with Gasteiger partial charge in [0.1, 0.15) is 17.3 Å². The molecule has 3 N–H and O–H groups in total. The van der Waals surface area contributed by atoms with Crippen molar-refractivity contribution in [1.82, 2.24) is 24.3 Å². The molecule has 0 amide bonds. The van der Waals surface area contributed by atoms with Crippen LogP contribution in [0.5, 0.6) is 0 Å². The molecule has 12 heteroatoms. The summed E-state index contributed by atoms with van der Waals surface area (Å²) in [7, 11) is 1.60. The first kappa shape index (κ1) is 29.1. The first-order valence-electron chi connectivity index (χ1n) is 14.1. The Bertz CT molecular complexity index is 2010. The van der Waals surface area contributed by atoms with E-state index in [9.17, 15) is 19.8 Å². The third-order valence-corrected chi connectivity index (χ3v) is 7.83. The molecule has 44 heavy (non-hydrogen) atoms. The van der Waals surface area contributed by atoms with E-state index in [0.29, 0.717) is 35.4 Å². The lowest BCUT2D eigenvalue weighted by Crippen LogP contribution is -2.50. The van der Waals surface area contributed by atoms with Gasteiger partial charge in [-0.25, -0.2) is 14.4 Å². The highest BCUT2D eigenvalue weighted by atomic mass is 19.1. The molecule has 4 aromatic heterocycles. The highest BCUT2D eigenvalue weighted by Crippen LogP contribution is 2.30. The third-order valence-electron chi connectivity index (χ3n) is 7.83. The molecule has 0 bridgehead atoms. The standard InChI is InChI=1S/C32H32FN7O4/c1-32(2,3)20-9-18-12-36-40(31(44)28(18)25(33)11-20)29-24(17-41)23(7-8-34-29)19-10-26(30(43)38(4)14-19)37-27-6-5-21(13-35-27)39-15-22(42)16-39/h5-14,22,41-42H,15-17H2,1-4H3,(H,35,37). The van der Waals surface area contributed by atoms with E-state index in [0.717, 1.165) is 15.9 Å². The van der Waals surface area contributed by atoms with Crippen molar-refractivity contribution in [3.63, 3.8) is 0 Å². The van der Waals surface area contributed by atoms with Gasteiger partial charge in [-0.15, -0.1) is 0 Å². The van der Waals surface area contributed by atoms with Gasteiger partial charge in [-0.3, -0.25) is 9.59 Å². The molecule has 5 aromatic rings. The van der Waals surface area contributed by atoms with Crippen molar-refractivity contribution in [2.75, 3.05) is 23.3 Å². The second kappa shape index (κ2) is 11.0. The van der Waals surface area contributed by atoms with E-state index in [1.807, 2.05) is 31.7 Å². The predicted octanol–water partition coefficient (Wildman–Crippen LogP) is 3.39. The number of hydrogen-bond acceptors (Lipinski definition) is 9. The Balaban J connectivity index is 1.39. The molecule has 1 aromatic carbocycles. The summed E-state index contributed by atoms with van der Waals surface area (Å²) in [6.07, 6.45) is 5.83. The van der Waals surface area contributed by atoms with Gasteiger partial charge in [-0.1, -0.05) is 20.8 Å². The van der Waals surface area contributed by atoms with E-state index in [2.05, 4.69) is 20.4 Å². The molecule has 6 rings (SSSR count). The third kappa shape index (κ3) is 5.22. The molecule has 11 nitrogen and oxygen atoms in total. The number of nitrogens with zero attached hydrogens (tertiary/aromatic N) is 6. The Kier molecular flexibility index (Phi) is 7.26. The molecule has 0 saturated carbocycles. The normalized spacial score (nSPS) is 13.8. The zero-order valence-electron chi connectivity index (χ0n) is 24.7. The van der Waals surface area contributed by atoms with Crippen molar-refractivity contribution in [3.8, 4) is 16.9 Å². The number of nitrogens with one attached hydrogen (secondary N) is 1. The number of pyridine rings is 3. The van der Waals surface area contributed by atoms with Crippen LogP contribution < -0.4 is 21.3 Å². The van der Waals surface area contributed by atoms with Crippen LogP contribution in [-0.2, 0) is 19.1 Å². The van der Waals surface area contributed by atoms with Gasteiger partial charge in [-0.05, 0) is 52.9 Å². The van der Waals surface area contributed by atoms with Gasteiger partial charge >= 0.3 is 0 Å². The molecule has 5 heterocycles. The first-order chi connectivity index (χ1) is 20.9. The summed E-state index contributed by atoms with van der Waals surface area (Å²) < 4.78 is 17.7. The van der Waals surface area contributed by atoms with Crippen LogP contribution in [0.15, 0.2) is 70.8 Å². The van der Waals surface area contributed by atoms with Gasteiger partial charge in [0, 0.05) is 49.0 Å². The van der Waals surface area contributed by atoms with E-state index >= 15 is 4.39 Å². The van der Waals surface area contributed by atoms with E-state index in [1.165, 1.54) is 23.0 Å². The molecule has 1 fully saturated rings. The molecule has 1 aliphatic heterocycles. The summed E-state index contributed by atoms with van der Waals surface area (Å²) in [5, 5.41) is 27.6. The summed E-state index contributed by atoms with van der Waals surface area (Å²) in [4.78, 5) is 37.3. The van der Waals surface area contributed by atoms with Crippen molar-refractivity contribution in [2.45, 2.75) is 38.9 Å². The average Bonchev–Trinajstić information content (AvgIpc) is 2.97. The second-order valence-corrected chi connectivity index (χ2v) is 12.0. The van der Waals surface area contributed by atoms with Crippen LogP contribution in [0.3, 0.4) is 0 Å². The molecule has 1 saturated heterocycles. The minimum Gasteiger partial charge on any atom is -0.392 e. The van der Waals surface area contributed by atoms with Gasteiger partial charge in [0.15, 0.2) is 5.82 Å². The van der Waals surface area contributed by atoms with Crippen LogP contribution in [0.1, 0.15) is 31.9 Å². The van der Waals surface area contributed by atoms with Crippen LogP contribution >= 0.6 is 0 Å². The number of anilines is 3. The molecular weight excluding hydrogens is 565 g/mol. The Morgan fingerprint density at radius 3 is 2.48 bits per heavy atom. The number of halogens is 1. The minimum atomic E-state index is -0.704. The highest BCUT2D eigenvalue weighted by Gasteiger charge is 2.25. The molecule has 226 valence electrons. The van der Waals surface area contributed by atoms with Crippen LogP contribution in [0.25, 0.3) is 27.7 Å². The fourth-order valence-corrected chi connectivity index (χ4v) is 5.31. The average molecular weight is 598 g/mol. The number of aryl methyl sites for hydroxylation is 1. The number of fused-ring (bicyclic) bond motifs is 1. The second-order valence-electron chi connectivity index (χ2n) is 12.0. The maximum absolute atomic E-state index is 15.3. The van der Waals surface area contributed by atoms with Crippen molar-refractivity contribution >= 4 is 28.0 Å². The number of rotatable bonds is 6. The van der Waals surface area contributed by atoms with Gasteiger partial charge in [0.25, 0.3) is 11.1 Å². The largest absolute Gasteiger partial charge is 0.392 e. The minimum absolute atomic E-state index is 0.0490. The van der Waals surface area contributed by atoms with Crippen LogP contribution in [0.4, 0.5) is 21.6 Å². The molecule has 0 aliphatic carbocycles. The van der Waals surface area contributed by atoms with Crippen molar-refractivity contribution in [1.29, 1.82) is 0 Å². The molecule has 0 atom stereocenters. The number of hydrogen-bond donors (Lipinski definition) is 3. The van der Waals surface area contributed by atoms with Crippen molar-refractivity contribution < 1.29 is 14.6 Å². The number of aliphatic hydroxyl groups is 2. The topological polar surface area (TPSA) is 138 Å². The predicted molar refractivity (Wildman–Crippen MR) is 166 cm³/mol. The van der Waals surface area contributed by atoms with E-state index < -0.39 is 18.0 Å². The van der Waals surface area contributed by atoms with Gasteiger partial charge in [0.05, 0.1) is 36.2 Å². The summed E-state index contributed by atoms with van der Waals surface area (Å²) in [6, 6.07) is 10.0. The molecular formula is C32H32FN7O4. The molecule has 1 aliphatic rings. The molecule has 0 radical (unpaired) electrons. The van der Waals surface area contributed by atoms with Crippen molar-refractivity contribution in [2.24, 2.45) is 7.05 Å². The number of benzene rings is 1. The van der Waals surface area contributed by atoms with E-state index in [-0.39, 0.29) is 39.5 Å². The molecule has 0 spiro atoms. The first-order valence-corrected chi connectivity index (χ1v) is 14.1. The Morgan fingerprint density at radius 1 is 1.05 bits per heavy atom. The fraction of sp³-hybridized carbons (Fsp3) is 0.281. The fourth-order valence-electron chi connectivity index (χ4n) is 5.31. The Labute approximate surface area is 251 Å². The lowest BCUT2D eigenvalue weighted by atomic mass is 9.86. The van der Waals surface area contributed by atoms with Gasteiger partial charge in [0.2, 0.25) is 0 Å². The maximum atomic E-state index is 15.3. The lowest BCUT2D eigenvalue weighted by molar-refractivity contribution is 0.142. The van der Waals surface area contributed by atoms with Crippen LogP contribution in [0, 0.1) is 5.82 Å². The number of aromatic nitrogens is 5. The van der Waals surface area contributed by atoms with Gasteiger partial charge in [-0.2, -0.15) is 9.78 Å². The summed E-state index contributed by atoms with van der Waals surface area (Å²) in [5.41, 5.74) is 1.85. The number of β-amino-alcohol motifs (C(OH)–C–C–N with tert-alkyl or cyclic N) is 1. The quantitative estimate of drug-likeness (QED) is 0.269. The monoisotopic (exact) mass is 597 g/mol. The highest BCUT2D eigenvalue weighted by molar-refractivity contribution is 5.83. The SMILES string of the molecule is Cn1cc(-c2ccnc(-n3ncc4cc(C(C)(C)C)cc(F)c4c3=O)c2CO)cc(Nc2ccc(N3CC(O)C3)cn2)c1=O. The van der Waals surface area contributed by atoms with Crippen LogP contribution in [-0.4, -0.2) is 53.7 Å². The Hall–Kier alpha value is -4.94. The van der Waals surface area contributed by atoms with E-state index in [4.69, 9.17) is 0 Å². The zero-order valence-corrected chi connectivity index (χ0v) is 24.7. The number of aliphatic hydroxyl groups excluding tert-OH is 2. The zero-order chi connectivity index (χ0) is 31.3. The lowest BCUT2D eigenvalue weighted by Gasteiger charge is -2.37.